The average molecular weight is 192 g/mol. The Morgan fingerprint density at radius 3 is 2.00 bits per heavy atom. The van der Waals surface area contributed by atoms with Crippen molar-refractivity contribution in [2.45, 2.75) is 40.5 Å². The standard InChI is InChI=1S/C14H24/c1-7-5-13-11-6-12(10(4)9(11)3)14(13)8(7)2/h7-14H,5-6H2,1-4H3. The second kappa shape index (κ2) is 2.77. The molecule has 3 aliphatic carbocycles. The van der Waals surface area contributed by atoms with Crippen LogP contribution in [0.5, 0.6) is 0 Å². The van der Waals surface area contributed by atoms with Crippen molar-refractivity contribution in [2.24, 2.45) is 47.3 Å². The smallest absolute Gasteiger partial charge is 0.0323 e. The monoisotopic (exact) mass is 192 g/mol. The predicted molar refractivity (Wildman–Crippen MR) is 59.9 cm³/mol. The first-order valence-electron chi connectivity index (χ1n) is 6.61. The first-order chi connectivity index (χ1) is 6.61. The van der Waals surface area contributed by atoms with Crippen LogP contribution in [-0.2, 0) is 0 Å². The maximum Gasteiger partial charge on any atom is -0.0323 e. The van der Waals surface area contributed by atoms with Gasteiger partial charge >= 0.3 is 0 Å². The van der Waals surface area contributed by atoms with E-state index in [4.69, 9.17) is 0 Å². The van der Waals surface area contributed by atoms with Crippen LogP contribution in [0.3, 0.4) is 0 Å². The van der Waals surface area contributed by atoms with Crippen LogP contribution in [0.4, 0.5) is 0 Å². The van der Waals surface area contributed by atoms with E-state index in [2.05, 4.69) is 27.7 Å². The molecule has 3 fully saturated rings. The van der Waals surface area contributed by atoms with E-state index >= 15 is 0 Å². The van der Waals surface area contributed by atoms with Crippen LogP contribution >= 0.6 is 0 Å². The maximum absolute atomic E-state index is 2.52. The second-order valence-electron chi connectivity index (χ2n) is 6.59. The SMILES string of the molecule is CC1CC2C3CC(C(C)C3C)C2C1C. The highest BCUT2D eigenvalue weighted by Gasteiger charge is 2.59. The average Bonchev–Trinajstić information content (AvgIpc) is 2.72. The van der Waals surface area contributed by atoms with Crippen molar-refractivity contribution in [3.05, 3.63) is 0 Å². The molecule has 14 heavy (non-hydrogen) atoms. The van der Waals surface area contributed by atoms with Gasteiger partial charge < -0.3 is 0 Å². The van der Waals surface area contributed by atoms with Gasteiger partial charge in [0.1, 0.15) is 0 Å². The van der Waals surface area contributed by atoms with Gasteiger partial charge in [-0.2, -0.15) is 0 Å². The molecule has 3 saturated carbocycles. The van der Waals surface area contributed by atoms with E-state index in [1.807, 2.05) is 0 Å². The highest BCUT2D eigenvalue weighted by Crippen LogP contribution is 2.65. The summed E-state index contributed by atoms with van der Waals surface area (Å²) < 4.78 is 0. The summed E-state index contributed by atoms with van der Waals surface area (Å²) in [6.07, 6.45) is 3.12. The third kappa shape index (κ3) is 0.907. The van der Waals surface area contributed by atoms with E-state index in [9.17, 15) is 0 Å². The fourth-order valence-electron chi connectivity index (χ4n) is 5.33. The molecular formula is C14H24. The molecule has 0 aromatic rings. The van der Waals surface area contributed by atoms with Crippen LogP contribution in [-0.4, -0.2) is 0 Å². The summed E-state index contributed by atoms with van der Waals surface area (Å²) in [6.45, 7) is 10.0. The molecule has 0 spiro atoms. The van der Waals surface area contributed by atoms with Crippen molar-refractivity contribution < 1.29 is 0 Å². The van der Waals surface area contributed by atoms with Crippen LogP contribution in [0, 0.1) is 47.3 Å². The molecule has 3 rings (SSSR count). The molecule has 0 nitrogen and oxygen atoms in total. The summed E-state index contributed by atoms with van der Waals surface area (Å²) in [4.78, 5) is 0. The molecule has 0 aromatic carbocycles. The van der Waals surface area contributed by atoms with Gasteiger partial charge in [-0.3, -0.25) is 0 Å². The molecule has 8 atom stereocenters. The van der Waals surface area contributed by atoms with Gasteiger partial charge in [-0.15, -0.1) is 0 Å². The first-order valence-corrected chi connectivity index (χ1v) is 6.61. The van der Waals surface area contributed by atoms with Gasteiger partial charge in [0.2, 0.25) is 0 Å². The van der Waals surface area contributed by atoms with E-state index in [0.29, 0.717) is 0 Å². The van der Waals surface area contributed by atoms with Gasteiger partial charge in [0.15, 0.2) is 0 Å². The molecule has 0 N–H and O–H groups in total. The molecule has 8 unspecified atom stereocenters. The van der Waals surface area contributed by atoms with E-state index in [-0.39, 0.29) is 0 Å². The Kier molecular flexibility index (Phi) is 1.83. The third-order valence-corrected chi connectivity index (χ3v) is 6.41. The van der Waals surface area contributed by atoms with Crippen molar-refractivity contribution in [1.29, 1.82) is 0 Å². The lowest BCUT2D eigenvalue weighted by atomic mass is 9.69. The fraction of sp³-hybridized carbons (Fsp3) is 1.00. The zero-order chi connectivity index (χ0) is 10.0. The Hall–Kier alpha value is 0. The zero-order valence-corrected chi connectivity index (χ0v) is 10.0. The zero-order valence-electron chi connectivity index (χ0n) is 10.0. The Balaban J connectivity index is 1.91. The van der Waals surface area contributed by atoms with Crippen molar-refractivity contribution in [3.8, 4) is 0 Å². The Bertz CT molecular complexity index is 240. The first kappa shape index (κ1) is 9.24. The van der Waals surface area contributed by atoms with Crippen LogP contribution in [0.15, 0.2) is 0 Å². The lowest BCUT2D eigenvalue weighted by molar-refractivity contribution is 0.117. The number of hydrogen-bond acceptors (Lipinski definition) is 0. The molecule has 0 heterocycles. The molecule has 80 valence electrons. The van der Waals surface area contributed by atoms with E-state index in [1.165, 1.54) is 0 Å². The highest BCUT2D eigenvalue weighted by atomic mass is 14.6. The quantitative estimate of drug-likeness (QED) is 0.547. The minimum absolute atomic E-state index is 1.01. The van der Waals surface area contributed by atoms with Crippen LogP contribution in [0.1, 0.15) is 40.5 Å². The van der Waals surface area contributed by atoms with Gasteiger partial charge in [0, 0.05) is 0 Å². The minimum atomic E-state index is 1.01. The van der Waals surface area contributed by atoms with Crippen molar-refractivity contribution >= 4 is 0 Å². The lowest BCUT2D eigenvalue weighted by Gasteiger charge is -2.36. The molecule has 0 radical (unpaired) electrons. The largest absolute Gasteiger partial charge is 0.0622 e. The Morgan fingerprint density at radius 2 is 1.29 bits per heavy atom. The fourth-order valence-corrected chi connectivity index (χ4v) is 5.33. The number of fused-ring (bicyclic) bond motifs is 5. The van der Waals surface area contributed by atoms with Crippen LogP contribution in [0.25, 0.3) is 0 Å². The second-order valence-corrected chi connectivity index (χ2v) is 6.59. The normalized spacial score (nSPS) is 66.0. The molecule has 3 aliphatic rings. The van der Waals surface area contributed by atoms with Crippen molar-refractivity contribution in [3.63, 3.8) is 0 Å². The molecule has 0 amide bonds. The summed E-state index contributed by atoms with van der Waals surface area (Å²) in [5.41, 5.74) is 0. The molecule has 0 heteroatoms. The molecule has 0 aliphatic heterocycles. The molecule has 0 aromatic heterocycles. The van der Waals surface area contributed by atoms with Crippen LogP contribution < -0.4 is 0 Å². The van der Waals surface area contributed by atoms with E-state index in [0.717, 1.165) is 47.3 Å². The Labute approximate surface area is 88.5 Å². The summed E-state index contributed by atoms with van der Waals surface area (Å²) in [5.74, 6) is 8.51. The van der Waals surface area contributed by atoms with Crippen molar-refractivity contribution in [2.75, 3.05) is 0 Å². The lowest BCUT2D eigenvalue weighted by Crippen LogP contribution is -2.31. The van der Waals surface area contributed by atoms with Gasteiger partial charge in [-0.25, -0.2) is 0 Å². The number of hydrogen-bond donors (Lipinski definition) is 0. The summed E-state index contributed by atoms with van der Waals surface area (Å²) in [6, 6.07) is 0. The van der Waals surface area contributed by atoms with Crippen molar-refractivity contribution in [1.82, 2.24) is 0 Å². The topological polar surface area (TPSA) is 0 Å². The summed E-state index contributed by atoms with van der Waals surface area (Å²) in [5, 5.41) is 0. The number of rotatable bonds is 0. The van der Waals surface area contributed by atoms with Gasteiger partial charge in [-0.1, -0.05) is 27.7 Å². The molecule has 2 bridgehead atoms. The minimum Gasteiger partial charge on any atom is -0.0622 e. The summed E-state index contributed by atoms with van der Waals surface area (Å²) in [7, 11) is 0. The predicted octanol–water partition coefficient (Wildman–Crippen LogP) is 3.82. The third-order valence-electron chi connectivity index (χ3n) is 6.41. The highest BCUT2D eigenvalue weighted by molar-refractivity contribution is 5.07. The van der Waals surface area contributed by atoms with E-state index in [1.54, 1.807) is 12.8 Å². The Morgan fingerprint density at radius 1 is 0.643 bits per heavy atom. The maximum atomic E-state index is 2.52. The molecule has 0 saturated heterocycles. The molecular weight excluding hydrogens is 168 g/mol. The van der Waals surface area contributed by atoms with Gasteiger partial charge in [0.25, 0.3) is 0 Å². The van der Waals surface area contributed by atoms with E-state index < -0.39 is 0 Å². The van der Waals surface area contributed by atoms with Crippen LogP contribution in [0.2, 0.25) is 0 Å². The summed E-state index contributed by atoms with van der Waals surface area (Å²) >= 11 is 0. The van der Waals surface area contributed by atoms with Gasteiger partial charge in [0.05, 0.1) is 0 Å². The van der Waals surface area contributed by atoms with Gasteiger partial charge in [-0.05, 0) is 60.2 Å².